The molecule has 0 fully saturated rings. The summed E-state index contributed by atoms with van der Waals surface area (Å²) in [6.07, 6.45) is 3.27. The molecule has 1 atom stereocenters. The zero-order valence-electron chi connectivity index (χ0n) is 12.7. The zero-order chi connectivity index (χ0) is 16.1. The Balaban J connectivity index is 2.60. The fourth-order valence-corrected chi connectivity index (χ4v) is 3.28. The minimum Gasteiger partial charge on any atom is -0.389 e. The summed E-state index contributed by atoms with van der Waals surface area (Å²) in [6.45, 7) is 5.43. The Morgan fingerprint density at radius 1 is 1.33 bits per heavy atom. The van der Waals surface area contributed by atoms with E-state index in [1.165, 1.54) is 0 Å². The fraction of sp³-hybridized carbons (Fsp3) is 0.500. The van der Waals surface area contributed by atoms with Gasteiger partial charge in [-0.2, -0.15) is 0 Å². The minimum absolute atomic E-state index is 0.0122. The SMILES string of the molecule is C/C(=C\CS(=O)(=O)c1ccccc1)CCC(Br)C(C)(C)O. The van der Waals surface area contributed by atoms with Gasteiger partial charge in [-0.3, -0.25) is 0 Å². The van der Waals surface area contributed by atoms with Crippen molar-refractivity contribution in [1.82, 2.24) is 0 Å². The number of alkyl halides is 1. The van der Waals surface area contributed by atoms with Crippen molar-refractivity contribution < 1.29 is 13.5 Å². The lowest BCUT2D eigenvalue weighted by Gasteiger charge is -2.24. The maximum Gasteiger partial charge on any atom is 0.181 e. The largest absolute Gasteiger partial charge is 0.389 e. The number of rotatable bonds is 7. The first-order chi connectivity index (χ1) is 9.63. The van der Waals surface area contributed by atoms with Gasteiger partial charge in [0.15, 0.2) is 9.84 Å². The van der Waals surface area contributed by atoms with Crippen molar-refractivity contribution in [2.45, 2.75) is 48.9 Å². The molecule has 5 heteroatoms. The van der Waals surface area contributed by atoms with Crippen molar-refractivity contribution in [3.63, 3.8) is 0 Å². The number of aliphatic hydroxyl groups is 1. The summed E-state index contributed by atoms with van der Waals surface area (Å²) in [6, 6.07) is 8.47. The summed E-state index contributed by atoms with van der Waals surface area (Å²) < 4.78 is 24.3. The zero-order valence-corrected chi connectivity index (χ0v) is 15.1. The molecule has 0 aliphatic rings. The molecule has 118 valence electrons. The predicted molar refractivity (Wildman–Crippen MR) is 90.5 cm³/mol. The molecule has 0 saturated heterocycles. The Labute approximate surface area is 136 Å². The summed E-state index contributed by atoms with van der Waals surface area (Å²) in [7, 11) is -3.26. The Morgan fingerprint density at radius 3 is 2.43 bits per heavy atom. The van der Waals surface area contributed by atoms with E-state index in [2.05, 4.69) is 15.9 Å². The number of halogens is 1. The van der Waals surface area contributed by atoms with E-state index >= 15 is 0 Å². The third-order valence-corrected chi connectivity index (χ3v) is 6.49. The fourth-order valence-electron chi connectivity index (χ4n) is 1.79. The van der Waals surface area contributed by atoms with Crippen LogP contribution in [-0.4, -0.2) is 29.7 Å². The molecular weight excluding hydrogens is 352 g/mol. The summed E-state index contributed by atoms with van der Waals surface area (Å²) in [4.78, 5) is 0.336. The van der Waals surface area contributed by atoms with E-state index in [0.29, 0.717) is 4.90 Å². The van der Waals surface area contributed by atoms with Gasteiger partial charge >= 0.3 is 0 Å². The molecule has 1 rings (SSSR count). The first kappa shape index (κ1) is 18.4. The highest BCUT2D eigenvalue weighted by Crippen LogP contribution is 2.23. The number of hydrogen-bond acceptors (Lipinski definition) is 3. The Hall–Kier alpha value is -0.650. The molecule has 0 aromatic heterocycles. The number of benzene rings is 1. The van der Waals surface area contributed by atoms with Crippen LogP contribution in [0, 0.1) is 0 Å². The predicted octanol–water partition coefficient (Wildman–Crippen LogP) is 3.72. The molecule has 0 saturated carbocycles. The van der Waals surface area contributed by atoms with Crippen LogP contribution in [0.3, 0.4) is 0 Å². The Kier molecular flexibility index (Phi) is 6.63. The highest BCUT2D eigenvalue weighted by Gasteiger charge is 2.23. The van der Waals surface area contributed by atoms with Crippen molar-refractivity contribution >= 4 is 25.8 Å². The molecule has 0 bridgehead atoms. The van der Waals surface area contributed by atoms with Crippen LogP contribution in [0.25, 0.3) is 0 Å². The summed E-state index contributed by atoms with van der Waals surface area (Å²) in [5.41, 5.74) is 0.236. The van der Waals surface area contributed by atoms with Crippen LogP contribution in [0.4, 0.5) is 0 Å². The molecule has 0 aliphatic carbocycles. The molecule has 1 unspecified atom stereocenters. The first-order valence-electron chi connectivity index (χ1n) is 6.93. The van der Waals surface area contributed by atoms with Crippen LogP contribution in [0.15, 0.2) is 46.9 Å². The lowest BCUT2D eigenvalue weighted by molar-refractivity contribution is 0.0774. The van der Waals surface area contributed by atoms with Crippen LogP contribution in [-0.2, 0) is 9.84 Å². The van der Waals surface area contributed by atoms with E-state index in [1.54, 1.807) is 50.3 Å². The van der Waals surface area contributed by atoms with Crippen LogP contribution in [0.2, 0.25) is 0 Å². The molecule has 0 radical (unpaired) electrons. The third kappa shape index (κ3) is 6.32. The lowest BCUT2D eigenvalue weighted by atomic mass is 9.99. The van der Waals surface area contributed by atoms with Crippen molar-refractivity contribution in [2.75, 3.05) is 5.75 Å². The molecule has 0 spiro atoms. The second kappa shape index (κ2) is 7.56. The topological polar surface area (TPSA) is 54.4 Å². The van der Waals surface area contributed by atoms with Crippen LogP contribution in [0.1, 0.15) is 33.6 Å². The maximum absolute atomic E-state index is 12.1. The summed E-state index contributed by atoms with van der Waals surface area (Å²) in [5.74, 6) is 0.0122. The van der Waals surface area contributed by atoms with Gasteiger partial charge in [0.25, 0.3) is 0 Å². The third-order valence-electron chi connectivity index (χ3n) is 3.31. The molecule has 0 amide bonds. The molecule has 0 heterocycles. The second-order valence-corrected chi connectivity index (χ2v) is 8.94. The van der Waals surface area contributed by atoms with Gasteiger partial charge in [-0.1, -0.05) is 45.8 Å². The molecule has 0 aliphatic heterocycles. The van der Waals surface area contributed by atoms with Gasteiger partial charge in [-0.05, 0) is 45.7 Å². The van der Waals surface area contributed by atoms with Crippen molar-refractivity contribution in [3.05, 3.63) is 42.0 Å². The maximum atomic E-state index is 12.1. The molecule has 1 N–H and O–H groups in total. The number of sulfone groups is 1. The van der Waals surface area contributed by atoms with Gasteiger partial charge in [0.1, 0.15) is 0 Å². The van der Waals surface area contributed by atoms with Crippen LogP contribution >= 0.6 is 15.9 Å². The van der Waals surface area contributed by atoms with E-state index < -0.39 is 15.4 Å². The molecule has 1 aromatic rings. The Bertz CT molecular complexity index is 571. The van der Waals surface area contributed by atoms with Gasteiger partial charge in [0.05, 0.1) is 16.2 Å². The van der Waals surface area contributed by atoms with Crippen LogP contribution < -0.4 is 0 Å². The highest BCUT2D eigenvalue weighted by molar-refractivity contribution is 9.09. The standard InChI is InChI=1S/C16H23BrO3S/c1-13(9-10-15(17)16(2,3)18)11-12-21(19,20)14-7-5-4-6-8-14/h4-8,11,15,18H,9-10,12H2,1-3H3/b13-11+. The van der Waals surface area contributed by atoms with Gasteiger partial charge in [0.2, 0.25) is 0 Å². The highest BCUT2D eigenvalue weighted by atomic mass is 79.9. The Morgan fingerprint density at radius 2 is 1.90 bits per heavy atom. The first-order valence-corrected chi connectivity index (χ1v) is 9.49. The molecule has 1 aromatic carbocycles. The van der Waals surface area contributed by atoms with Crippen molar-refractivity contribution in [2.24, 2.45) is 0 Å². The van der Waals surface area contributed by atoms with Gasteiger partial charge in [-0.15, -0.1) is 0 Å². The number of allylic oxidation sites excluding steroid dienone is 1. The average molecular weight is 375 g/mol. The van der Waals surface area contributed by atoms with Gasteiger partial charge in [-0.25, -0.2) is 8.42 Å². The quantitative estimate of drug-likeness (QED) is 0.584. The number of hydrogen-bond donors (Lipinski definition) is 1. The van der Waals surface area contributed by atoms with E-state index in [9.17, 15) is 13.5 Å². The van der Waals surface area contributed by atoms with Crippen molar-refractivity contribution in [1.29, 1.82) is 0 Å². The monoisotopic (exact) mass is 374 g/mol. The van der Waals surface area contributed by atoms with E-state index in [-0.39, 0.29) is 10.6 Å². The average Bonchev–Trinajstić information content (AvgIpc) is 2.42. The van der Waals surface area contributed by atoms with E-state index in [4.69, 9.17) is 0 Å². The van der Waals surface area contributed by atoms with Gasteiger partial charge in [0, 0.05) is 4.83 Å². The van der Waals surface area contributed by atoms with Gasteiger partial charge < -0.3 is 5.11 Å². The van der Waals surface area contributed by atoms with E-state index in [0.717, 1.165) is 18.4 Å². The summed E-state index contributed by atoms with van der Waals surface area (Å²) in [5, 5.41) is 9.84. The van der Waals surface area contributed by atoms with E-state index in [1.807, 2.05) is 6.92 Å². The smallest absolute Gasteiger partial charge is 0.181 e. The summed E-state index contributed by atoms with van der Waals surface area (Å²) >= 11 is 3.46. The molecular formula is C16H23BrO3S. The molecule has 3 nitrogen and oxygen atoms in total. The molecule has 21 heavy (non-hydrogen) atoms. The second-order valence-electron chi connectivity index (χ2n) is 5.80. The van der Waals surface area contributed by atoms with Crippen LogP contribution in [0.5, 0.6) is 0 Å². The normalized spacial score (nSPS) is 15.0. The minimum atomic E-state index is -3.26. The lowest BCUT2D eigenvalue weighted by Crippen LogP contribution is -2.31. The van der Waals surface area contributed by atoms with Crippen molar-refractivity contribution in [3.8, 4) is 0 Å².